The average Bonchev–Trinajstić information content (AvgIpc) is 3.06. The molecule has 1 aliphatic heterocycles. The highest BCUT2D eigenvalue weighted by Crippen LogP contribution is 2.37. The Labute approximate surface area is 157 Å². The van der Waals surface area contributed by atoms with Gasteiger partial charge in [0.05, 0.1) is 24.8 Å². The van der Waals surface area contributed by atoms with Crippen molar-refractivity contribution in [3.05, 3.63) is 54.2 Å². The van der Waals surface area contributed by atoms with E-state index in [-0.39, 0.29) is 24.2 Å². The molecule has 4 rings (SSSR count). The van der Waals surface area contributed by atoms with Crippen molar-refractivity contribution >= 4 is 11.7 Å². The zero-order valence-corrected chi connectivity index (χ0v) is 15.0. The van der Waals surface area contributed by atoms with Crippen molar-refractivity contribution in [1.82, 2.24) is 14.9 Å². The number of fused-ring (bicyclic) bond motifs is 1. The van der Waals surface area contributed by atoms with Crippen LogP contribution in [0.25, 0.3) is 0 Å². The van der Waals surface area contributed by atoms with Crippen LogP contribution < -0.4 is 5.32 Å². The summed E-state index contributed by atoms with van der Waals surface area (Å²) in [4.78, 5) is 22.7. The Kier molecular flexibility index (Phi) is 5.03. The lowest BCUT2D eigenvalue weighted by atomic mass is 9.77. The summed E-state index contributed by atoms with van der Waals surface area (Å²) in [5.74, 6) is 0.992. The van der Waals surface area contributed by atoms with Crippen LogP contribution in [0, 0.1) is 17.7 Å². The van der Waals surface area contributed by atoms with Crippen molar-refractivity contribution in [3.63, 3.8) is 0 Å². The first kappa shape index (κ1) is 17.9. The average molecular weight is 370 g/mol. The van der Waals surface area contributed by atoms with E-state index in [1.54, 1.807) is 30.7 Å². The second-order valence-electron chi connectivity index (χ2n) is 7.51. The Morgan fingerprint density at radius 3 is 2.81 bits per heavy atom. The lowest BCUT2D eigenvalue weighted by Crippen LogP contribution is -2.43. The maximum atomic E-state index is 13.3. The summed E-state index contributed by atoms with van der Waals surface area (Å²) < 4.78 is 13.3. The molecule has 2 fully saturated rings. The van der Waals surface area contributed by atoms with Gasteiger partial charge in [0, 0.05) is 25.5 Å². The molecule has 0 radical (unpaired) electrons. The number of rotatable bonds is 4. The number of benzene rings is 1. The van der Waals surface area contributed by atoms with Crippen molar-refractivity contribution in [2.75, 3.05) is 18.4 Å². The fourth-order valence-corrected chi connectivity index (χ4v) is 4.29. The van der Waals surface area contributed by atoms with E-state index < -0.39 is 6.10 Å². The fraction of sp³-hybridized carbons (Fsp3) is 0.450. The monoisotopic (exact) mass is 370 g/mol. The van der Waals surface area contributed by atoms with Crippen LogP contribution in [-0.4, -0.2) is 51.1 Å². The van der Waals surface area contributed by atoms with Crippen molar-refractivity contribution < 1.29 is 14.3 Å². The van der Waals surface area contributed by atoms with Gasteiger partial charge in [-0.25, -0.2) is 9.37 Å². The first-order valence-electron chi connectivity index (χ1n) is 9.31. The molecule has 7 heteroatoms. The molecule has 0 spiro atoms. The Bertz CT molecular complexity index is 804. The number of halogens is 1. The number of aliphatic hydroxyl groups excluding tert-OH is 1. The number of amides is 1. The van der Waals surface area contributed by atoms with Crippen LogP contribution in [0.2, 0.25) is 0 Å². The maximum absolute atomic E-state index is 13.3. The molecule has 1 amide bonds. The molecule has 27 heavy (non-hydrogen) atoms. The van der Waals surface area contributed by atoms with Crippen LogP contribution in [-0.2, 0) is 11.2 Å². The number of hydrogen-bond acceptors (Lipinski definition) is 5. The number of carbonyl (C=O) groups excluding carboxylic acids is 1. The highest BCUT2D eigenvalue weighted by atomic mass is 19.1. The Morgan fingerprint density at radius 1 is 1.26 bits per heavy atom. The van der Waals surface area contributed by atoms with E-state index in [1.165, 1.54) is 12.1 Å². The van der Waals surface area contributed by atoms with Crippen molar-refractivity contribution in [1.29, 1.82) is 0 Å². The molecule has 1 aliphatic carbocycles. The van der Waals surface area contributed by atoms with Gasteiger partial charge in [-0.2, -0.15) is 0 Å². The number of aliphatic hydroxyl groups is 1. The van der Waals surface area contributed by atoms with Gasteiger partial charge in [0.1, 0.15) is 11.6 Å². The minimum absolute atomic E-state index is 0.0166. The van der Waals surface area contributed by atoms with Gasteiger partial charge in [-0.3, -0.25) is 9.78 Å². The number of anilines is 1. The Morgan fingerprint density at radius 2 is 2.07 bits per heavy atom. The van der Waals surface area contributed by atoms with Crippen molar-refractivity contribution in [2.45, 2.75) is 31.4 Å². The van der Waals surface area contributed by atoms with E-state index in [0.717, 1.165) is 6.42 Å². The number of hydrogen-bond donors (Lipinski definition) is 2. The molecule has 4 atom stereocenters. The summed E-state index contributed by atoms with van der Waals surface area (Å²) in [5, 5.41) is 13.8. The zero-order valence-electron chi connectivity index (χ0n) is 15.0. The predicted octanol–water partition coefficient (Wildman–Crippen LogP) is 1.87. The third kappa shape index (κ3) is 4.08. The van der Waals surface area contributed by atoms with E-state index in [2.05, 4.69) is 15.3 Å². The van der Waals surface area contributed by atoms with Crippen LogP contribution in [0.3, 0.4) is 0 Å². The summed E-state index contributed by atoms with van der Waals surface area (Å²) in [5.41, 5.74) is 0.692. The molecule has 2 heterocycles. The number of aromatic nitrogens is 2. The van der Waals surface area contributed by atoms with Gasteiger partial charge < -0.3 is 15.3 Å². The molecular formula is C20H23FN4O2. The van der Waals surface area contributed by atoms with E-state index in [4.69, 9.17) is 0 Å². The summed E-state index contributed by atoms with van der Waals surface area (Å²) in [6.07, 6.45) is 6.04. The maximum Gasteiger partial charge on any atom is 0.227 e. The SMILES string of the molecule is O=C(Cc1cccc(F)c1)N1C[C@H]2C[C@@H](Nc3cnccn3)[C@H](O)C[C@H]2C1. The first-order chi connectivity index (χ1) is 13.1. The summed E-state index contributed by atoms with van der Waals surface area (Å²) in [6.45, 7) is 1.35. The smallest absolute Gasteiger partial charge is 0.227 e. The highest BCUT2D eigenvalue weighted by Gasteiger charge is 2.43. The number of likely N-dealkylation sites (tertiary alicyclic amines) is 1. The molecule has 1 saturated carbocycles. The number of nitrogens with zero attached hydrogens (tertiary/aromatic N) is 3. The summed E-state index contributed by atoms with van der Waals surface area (Å²) in [6, 6.07) is 6.09. The minimum Gasteiger partial charge on any atom is -0.391 e. The van der Waals surface area contributed by atoms with Crippen LogP contribution in [0.1, 0.15) is 18.4 Å². The van der Waals surface area contributed by atoms with E-state index in [9.17, 15) is 14.3 Å². The quantitative estimate of drug-likeness (QED) is 0.859. The molecule has 2 aromatic rings. The van der Waals surface area contributed by atoms with E-state index >= 15 is 0 Å². The fourth-order valence-electron chi connectivity index (χ4n) is 4.29. The molecule has 2 aliphatic rings. The zero-order chi connectivity index (χ0) is 18.8. The third-order valence-corrected chi connectivity index (χ3v) is 5.64. The standard InChI is InChI=1S/C20H23FN4O2/c21-16-3-1-2-13(6-16)7-20(27)25-11-14-8-17(18(26)9-15(14)12-25)24-19-10-22-4-5-23-19/h1-6,10,14-15,17-18,26H,7-9,11-12H2,(H,23,24)/t14-,15+,17-,18-/m1/s1. The van der Waals surface area contributed by atoms with E-state index in [1.807, 2.05) is 4.90 Å². The summed E-state index contributed by atoms with van der Waals surface area (Å²) in [7, 11) is 0. The predicted molar refractivity (Wildman–Crippen MR) is 98.3 cm³/mol. The normalized spacial score (nSPS) is 27.3. The third-order valence-electron chi connectivity index (χ3n) is 5.64. The van der Waals surface area contributed by atoms with Gasteiger partial charge in [-0.05, 0) is 42.4 Å². The van der Waals surface area contributed by atoms with Crippen LogP contribution in [0.15, 0.2) is 42.9 Å². The number of nitrogens with one attached hydrogen (secondary N) is 1. The van der Waals surface area contributed by atoms with Gasteiger partial charge in [0.2, 0.25) is 5.91 Å². The molecule has 6 nitrogen and oxygen atoms in total. The van der Waals surface area contributed by atoms with Crippen molar-refractivity contribution in [2.24, 2.45) is 11.8 Å². The molecular weight excluding hydrogens is 347 g/mol. The molecule has 2 N–H and O–H groups in total. The molecule has 1 aromatic carbocycles. The summed E-state index contributed by atoms with van der Waals surface area (Å²) >= 11 is 0. The van der Waals surface area contributed by atoms with Crippen molar-refractivity contribution in [3.8, 4) is 0 Å². The van der Waals surface area contributed by atoms with Crippen LogP contribution >= 0.6 is 0 Å². The van der Waals surface area contributed by atoms with Crippen LogP contribution in [0.4, 0.5) is 10.2 Å². The van der Waals surface area contributed by atoms with Gasteiger partial charge in [0.25, 0.3) is 0 Å². The molecule has 142 valence electrons. The topological polar surface area (TPSA) is 78.4 Å². The molecule has 1 saturated heterocycles. The second-order valence-corrected chi connectivity index (χ2v) is 7.51. The first-order valence-corrected chi connectivity index (χ1v) is 9.31. The largest absolute Gasteiger partial charge is 0.391 e. The van der Waals surface area contributed by atoms with Gasteiger partial charge in [0.15, 0.2) is 0 Å². The molecule has 1 aromatic heterocycles. The van der Waals surface area contributed by atoms with Crippen LogP contribution in [0.5, 0.6) is 0 Å². The Hall–Kier alpha value is -2.54. The second kappa shape index (κ2) is 7.60. The molecule has 0 unspecified atom stereocenters. The van der Waals surface area contributed by atoms with E-state index in [0.29, 0.717) is 42.7 Å². The van der Waals surface area contributed by atoms with Gasteiger partial charge in [-0.15, -0.1) is 0 Å². The Balaban J connectivity index is 1.37. The lowest BCUT2D eigenvalue weighted by molar-refractivity contribution is -0.129. The number of carbonyl (C=O) groups is 1. The molecule has 0 bridgehead atoms. The minimum atomic E-state index is -0.480. The van der Waals surface area contributed by atoms with Gasteiger partial charge in [-0.1, -0.05) is 12.1 Å². The lowest BCUT2D eigenvalue weighted by Gasteiger charge is -2.35. The van der Waals surface area contributed by atoms with Gasteiger partial charge >= 0.3 is 0 Å². The highest BCUT2D eigenvalue weighted by molar-refractivity contribution is 5.79.